The molecule has 1 aromatic heterocycles. The molecule has 8 heteroatoms. The van der Waals surface area contributed by atoms with Crippen LogP contribution in [0.25, 0.3) is 0 Å². The average Bonchev–Trinajstić information content (AvgIpc) is 3.14. The maximum Gasteiger partial charge on any atom is 0.269 e. The number of H-pyrrole nitrogens is 1. The van der Waals surface area contributed by atoms with Gasteiger partial charge in [-0.2, -0.15) is 4.72 Å². The number of nitro groups is 1. The monoisotopic (exact) mass is 371 g/mol. The van der Waals surface area contributed by atoms with E-state index in [1.54, 1.807) is 54.7 Å². The number of hydrogen-bond donors (Lipinski definition) is 2. The van der Waals surface area contributed by atoms with E-state index in [9.17, 15) is 18.5 Å². The highest BCUT2D eigenvalue weighted by molar-refractivity contribution is 7.89. The lowest BCUT2D eigenvalue weighted by molar-refractivity contribution is -0.384. The van der Waals surface area contributed by atoms with E-state index < -0.39 is 21.0 Å². The summed E-state index contributed by atoms with van der Waals surface area (Å²) < 4.78 is 28.2. The third-order valence-corrected chi connectivity index (χ3v) is 5.41. The molecule has 0 radical (unpaired) electrons. The number of aryl methyl sites for hydroxylation is 1. The molecule has 0 bridgehead atoms. The largest absolute Gasteiger partial charge is 0.363 e. The molecule has 1 heterocycles. The van der Waals surface area contributed by atoms with Crippen molar-refractivity contribution in [3.05, 3.63) is 93.8 Å². The van der Waals surface area contributed by atoms with Gasteiger partial charge in [0.05, 0.1) is 15.9 Å². The topological polar surface area (TPSA) is 105 Å². The van der Waals surface area contributed by atoms with Gasteiger partial charge in [-0.1, -0.05) is 29.8 Å². The molecule has 2 N–H and O–H groups in total. The lowest BCUT2D eigenvalue weighted by atomic mass is 10.0. The van der Waals surface area contributed by atoms with Gasteiger partial charge in [0.15, 0.2) is 0 Å². The van der Waals surface area contributed by atoms with Crippen LogP contribution >= 0.6 is 0 Å². The molecular formula is C18H17N3O4S. The molecule has 3 aromatic rings. The fourth-order valence-electron chi connectivity index (χ4n) is 2.56. The summed E-state index contributed by atoms with van der Waals surface area (Å²) in [6, 6.07) is 15.1. The van der Waals surface area contributed by atoms with Gasteiger partial charge in [0.1, 0.15) is 0 Å². The van der Waals surface area contributed by atoms with E-state index in [1.807, 2.05) is 6.92 Å². The predicted octanol–water partition coefficient (Wildman–Crippen LogP) is 3.30. The van der Waals surface area contributed by atoms with Crippen LogP contribution in [0.15, 0.2) is 71.8 Å². The maximum atomic E-state index is 12.8. The highest BCUT2D eigenvalue weighted by atomic mass is 32.2. The molecule has 0 saturated heterocycles. The molecule has 1 unspecified atom stereocenters. The zero-order valence-electron chi connectivity index (χ0n) is 13.9. The molecule has 3 rings (SSSR count). The molecule has 134 valence electrons. The van der Waals surface area contributed by atoms with E-state index in [4.69, 9.17) is 0 Å². The number of nitro benzene ring substituents is 1. The first-order valence-electron chi connectivity index (χ1n) is 7.83. The summed E-state index contributed by atoms with van der Waals surface area (Å²) in [6.45, 7) is 1.88. The third kappa shape index (κ3) is 3.81. The highest BCUT2D eigenvalue weighted by Crippen LogP contribution is 2.25. The van der Waals surface area contributed by atoms with Gasteiger partial charge in [0.2, 0.25) is 10.0 Å². The zero-order valence-corrected chi connectivity index (χ0v) is 14.7. The molecule has 0 saturated carbocycles. The fraction of sp³-hybridized carbons (Fsp3) is 0.111. The van der Waals surface area contributed by atoms with Crippen LogP contribution in [-0.2, 0) is 10.0 Å². The standard InChI is InChI=1S/C18H17N3O4S/c1-13-4-10-16(11-5-13)26(24,25)20-18(17-3-2-12-19-17)14-6-8-15(9-7-14)21(22)23/h2-12,18-20H,1H3. The van der Waals surface area contributed by atoms with Gasteiger partial charge in [0.25, 0.3) is 5.69 Å². The molecule has 0 amide bonds. The summed E-state index contributed by atoms with van der Waals surface area (Å²) in [5.41, 5.74) is 2.13. The lowest BCUT2D eigenvalue weighted by Crippen LogP contribution is -2.29. The van der Waals surface area contributed by atoms with Gasteiger partial charge >= 0.3 is 0 Å². The van der Waals surface area contributed by atoms with Crippen LogP contribution in [0.5, 0.6) is 0 Å². The van der Waals surface area contributed by atoms with Crippen molar-refractivity contribution >= 4 is 15.7 Å². The Morgan fingerprint density at radius 2 is 1.69 bits per heavy atom. The van der Waals surface area contributed by atoms with Crippen molar-refractivity contribution < 1.29 is 13.3 Å². The Balaban J connectivity index is 1.97. The van der Waals surface area contributed by atoms with E-state index in [2.05, 4.69) is 9.71 Å². The molecule has 0 fully saturated rings. The number of nitrogens with zero attached hydrogens (tertiary/aromatic N) is 1. The normalized spacial score (nSPS) is 12.7. The van der Waals surface area contributed by atoms with Gasteiger partial charge in [-0.15, -0.1) is 0 Å². The van der Waals surface area contributed by atoms with E-state index in [-0.39, 0.29) is 10.6 Å². The summed E-state index contributed by atoms with van der Waals surface area (Å²) in [5, 5.41) is 10.8. The first-order chi connectivity index (χ1) is 12.4. The molecule has 0 spiro atoms. The number of benzene rings is 2. The first-order valence-corrected chi connectivity index (χ1v) is 9.32. The summed E-state index contributed by atoms with van der Waals surface area (Å²) in [4.78, 5) is 13.5. The Morgan fingerprint density at radius 3 is 2.23 bits per heavy atom. The second kappa shape index (κ2) is 7.11. The van der Waals surface area contributed by atoms with Crippen molar-refractivity contribution in [2.24, 2.45) is 0 Å². The molecule has 26 heavy (non-hydrogen) atoms. The van der Waals surface area contributed by atoms with Crippen molar-refractivity contribution in [2.75, 3.05) is 0 Å². The van der Waals surface area contributed by atoms with Crippen LogP contribution < -0.4 is 4.72 Å². The van der Waals surface area contributed by atoms with E-state index in [1.165, 1.54) is 12.1 Å². The van der Waals surface area contributed by atoms with Crippen molar-refractivity contribution in [2.45, 2.75) is 17.9 Å². The van der Waals surface area contributed by atoms with Crippen LogP contribution in [0, 0.1) is 17.0 Å². The van der Waals surface area contributed by atoms with E-state index in [0.29, 0.717) is 11.3 Å². The Labute approximate surface area is 150 Å². The second-order valence-electron chi connectivity index (χ2n) is 5.84. The SMILES string of the molecule is Cc1ccc(S(=O)(=O)NC(c2ccc([N+](=O)[O-])cc2)c2ccc[nH]2)cc1. The molecule has 1 atom stereocenters. The predicted molar refractivity (Wildman–Crippen MR) is 97.2 cm³/mol. The number of rotatable bonds is 6. The zero-order chi connectivity index (χ0) is 18.7. The van der Waals surface area contributed by atoms with Crippen molar-refractivity contribution in [1.29, 1.82) is 0 Å². The van der Waals surface area contributed by atoms with Gasteiger partial charge in [-0.05, 0) is 36.8 Å². The van der Waals surface area contributed by atoms with Crippen molar-refractivity contribution in [1.82, 2.24) is 9.71 Å². The van der Waals surface area contributed by atoms with Crippen LogP contribution in [0.4, 0.5) is 5.69 Å². The van der Waals surface area contributed by atoms with Gasteiger partial charge < -0.3 is 4.98 Å². The van der Waals surface area contributed by atoms with Crippen LogP contribution in [0.1, 0.15) is 22.9 Å². The number of aromatic nitrogens is 1. The minimum atomic E-state index is -3.78. The summed E-state index contributed by atoms with van der Waals surface area (Å²) in [5.74, 6) is 0. The summed E-state index contributed by atoms with van der Waals surface area (Å²) >= 11 is 0. The average molecular weight is 371 g/mol. The Bertz CT molecular complexity index is 996. The molecule has 7 nitrogen and oxygen atoms in total. The number of hydrogen-bond acceptors (Lipinski definition) is 4. The van der Waals surface area contributed by atoms with Crippen LogP contribution in [0.3, 0.4) is 0 Å². The molecule has 0 aliphatic rings. The minimum absolute atomic E-state index is 0.0552. The second-order valence-corrected chi connectivity index (χ2v) is 7.56. The van der Waals surface area contributed by atoms with Gasteiger partial charge in [0, 0.05) is 24.0 Å². The smallest absolute Gasteiger partial charge is 0.269 e. The summed E-state index contributed by atoms with van der Waals surface area (Å²) in [7, 11) is -3.78. The summed E-state index contributed by atoms with van der Waals surface area (Å²) in [6.07, 6.45) is 1.69. The molecule has 0 aliphatic carbocycles. The van der Waals surface area contributed by atoms with Crippen molar-refractivity contribution in [3.63, 3.8) is 0 Å². The Morgan fingerprint density at radius 1 is 1.04 bits per heavy atom. The minimum Gasteiger partial charge on any atom is -0.363 e. The maximum absolute atomic E-state index is 12.8. The fourth-order valence-corrected chi connectivity index (χ4v) is 3.77. The first kappa shape index (κ1) is 17.8. The van der Waals surface area contributed by atoms with Crippen LogP contribution in [-0.4, -0.2) is 18.3 Å². The quantitative estimate of drug-likeness (QED) is 0.512. The van der Waals surface area contributed by atoms with Gasteiger partial charge in [-0.3, -0.25) is 10.1 Å². The number of aromatic amines is 1. The number of sulfonamides is 1. The molecule has 0 aliphatic heterocycles. The Hall–Kier alpha value is -2.97. The Kier molecular flexibility index (Phi) is 4.88. The van der Waals surface area contributed by atoms with Crippen molar-refractivity contribution in [3.8, 4) is 0 Å². The molecular weight excluding hydrogens is 354 g/mol. The highest BCUT2D eigenvalue weighted by Gasteiger charge is 2.24. The van der Waals surface area contributed by atoms with E-state index >= 15 is 0 Å². The number of non-ortho nitro benzene ring substituents is 1. The number of nitrogens with one attached hydrogen (secondary N) is 2. The van der Waals surface area contributed by atoms with Gasteiger partial charge in [-0.25, -0.2) is 8.42 Å². The van der Waals surface area contributed by atoms with Crippen LogP contribution in [0.2, 0.25) is 0 Å². The lowest BCUT2D eigenvalue weighted by Gasteiger charge is -2.18. The molecule has 2 aromatic carbocycles. The van der Waals surface area contributed by atoms with E-state index in [0.717, 1.165) is 5.56 Å². The third-order valence-electron chi connectivity index (χ3n) is 3.97.